The number of tetrazole rings is 1. The van der Waals surface area contributed by atoms with Gasteiger partial charge >= 0.3 is 0 Å². The molecule has 0 fully saturated rings. The van der Waals surface area contributed by atoms with Gasteiger partial charge in [0.05, 0.1) is 5.69 Å². The lowest BCUT2D eigenvalue weighted by atomic mass is 9.81. The Labute approximate surface area is 118 Å². The maximum absolute atomic E-state index is 6.16. The standard InChI is InChI=1S/C14H19ClN4/c1-3-14(4-2,11-15)10-13-16-17-18-19(13)12-8-6-5-7-9-12/h5-9H,3-4,10-11H2,1-2H3. The molecule has 0 saturated heterocycles. The van der Waals surface area contributed by atoms with Crippen molar-refractivity contribution in [1.82, 2.24) is 20.2 Å². The Morgan fingerprint density at radius 1 is 1.16 bits per heavy atom. The van der Waals surface area contributed by atoms with Crippen LogP contribution < -0.4 is 0 Å². The molecule has 1 heterocycles. The van der Waals surface area contributed by atoms with Gasteiger partial charge in [0.25, 0.3) is 0 Å². The molecule has 0 unspecified atom stereocenters. The van der Waals surface area contributed by atoms with Gasteiger partial charge in [-0.05, 0) is 40.8 Å². The molecule has 5 heteroatoms. The molecular formula is C14H19ClN4. The lowest BCUT2D eigenvalue weighted by Gasteiger charge is -2.28. The van der Waals surface area contributed by atoms with Crippen molar-refractivity contribution in [1.29, 1.82) is 0 Å². The van der Waals surface area contributed by atoms with Gasteiger partial charge in [0.1, 0.15) is 0 Å². The zero-order valence-corrected chi connectivity index (χ0v) is 12.1. The summed E-state index contributed by atoms with van der Waals surface area (Å²) >= 11 is 6.16. The van der Waals surface area contributed by atoms with Gasteiger partial charge in [-0.15, -0.1) is 16.7 Å². The van der Waals surface area contributed by atoms with Crippen LogP contribution in [0.2, 0.25) is 0 Å². The fraction of sp³-hybridized carbons (Fsp3) is 0.500. The first kappa shape index (κ1) is 14.0. The smallest absolute Gasteiger partial charge is 0.157 e. The van der Waals surface area contributed by atoms with E-state index in [0.29, 0.717) is 5.88 Å². The Kier molecular flexibility index (Phi) is 4.53. The van der Waals surface area contributed by atoms with E-state index in [4.69, 9.17) is 11.6 Å². The van der Waals surface area contributed by atoms with Gasteiger partial charge in [-0.25, -0.2) is 0 Å². The molecule has 0 radical (unpaired) electrons. The largest absolute Gasteiger partial charge is 0.197 e. The Morgan fingerprint density at radius 2 is 1.84 bits per heavy atom. The highest BCUT2D eigenvalue weighted by molar-refractivity contribution is 6.18. The van der Waals surface area contributed by atoms with Crippen molar-refractivity contribution in [3.8, 4) is 5.69 Å². The second kappa shape index (κ2) is 6.15. The summed E-state index contributed by atoms with van der Waals surface area (Å²) in [6.07, 6.45) is 2.84. The highest BCUT2D eigenvalue weighted by Gasteiger charge is 2.28. The first-order chi connectivity index (χ1) is 9.24. The number of nitrogens with zero attached hydrogens (tertiary/aromatic N) is 4. The number of hydrogen-bond donors (Lipinski definition) is 0. The molecular weight excluding hydrogens is 260 g/mol. The van der Waals surface area contributed by atoms with Crippen molar-refractivity contribution < 1.29 is 0 Å². The normalized spacial score (nSPS) is 11.7. The van der Waals surface area contributed by atoms with E-state index in [1.807, 2.05) is 30.3 Å². The van der Waals surface area contributed by atoms with Crippen LogP contribution in [0.3, 0.4) is 0 Å². The average Bonchev–Trinajstić information content (AvgIpc) is 2.94. The molecule has 0 bridgehead atoms. The van der Waals surface area contributed by atoms with Gasteiger partial charge in [0.15, 0.2) is 5.82 Å². The molecule has 0 saturated carbocycles. The van der Waals surface area contributed by atoms with Crippen molar-refractivity contribution >= 4 is 11.6 Å². The lowest BCUT2D eigenvalue weighted by molar-refractivity contribution is 0.293. The summed E-state index contributed by atoms with van der Waals surface area (Å²) in [5.74, 6) is 1.50. The predicted molar refractivity (Wildman–Crippen MR) is 76.6 cm³/mol. The zero-order chi connectivity index (χ0) is 13.7. The molecule has 0 atom stereocenters. The first-order valence-electron chi connectivity index (χ1n) is 6.63. The molecule has 102 valence electrons. The van der Waals surface area contributed by atoms with Crippen LogP contribution in [0.15, 0.2) is 30.3 Å². The van der Waals surface area contributed by atoms with E-state index in [2.05, 4.69) is 29.4 Å². The van der Waals surface area contributed by atoms with Crippen LogP contribution in [0.25, 0.3) is 5.69 Å². The number of para-hydroxylation sites is 1. The molecule has 19 heavy (non-hydrogen) atoms. The van der Waals surface area contributed by atoms with Crippen LogP contribution in [0.5, 0.6) is 0 Å². The molecule has 2 aromatic rings. The Balaban J connectivity index is 2.30. The highest BCUT2D eigenvalue weighted by atomic mass is 35.5. The van der Waals surface area contributed by atoms with Gasteiger partial charge in [0.2, 0.25) is 0 Å². The summed E-state index contributed by atoms with van der Waals surface area (Å²) in [6, 6.07) is 9.94. The minimum absolute atomic E-state index is 0.0722. The van der Waals surface area contributed by atoms with Gasteiger partial charge < -0.3 is 0 Å². The van der Waals surface area contributed by atoms with Crippen molar-refractivity contribution in [2.75, 3.05) is 5.88 Å². The molecule has 4 nitrogen and oxygen atoms in total. The van der Waals surface area contributed by atoms with Crippen LogP contribution >= 0.6 is 11.6 Å². The second-order valence-electron chi connectivity index (χ2n) is 4.86. The molecule has 2 rings (SSSR count). The molecule has 0 N–H and O–H groups in total. The average molecular weight is 279 g/mol. The summed E-state index contributed by atoms with van der Waals surface area (Å²) in [6.45, 7) is 4.34. The summed E-state index contributed by atoms with van der Waals surface area (Å²) < 4.78 is 1.80. The quantitative estimate of drug-likeness (QED) is 0.762. The first-order valence-corrected chi connectivity index (χ1v) is 7.17. The Hall–Kier alpha value is -1.42. The minimum Gasteiger partial charge on any atom is -0.197 e. The van der Waals surface area contributed by atoms with Gasteiger partial charge in [-0.2, -0.15) is 4.68 Å². The van der Waals surface area contributed by atoms with E-state index in [1.54, 1.807) is 4.68 Å². The topological polar surface area (TPSA) is 43.6 Å². The third kappa shape index (κ3) is 2.95. The maximum atomic E-state index is 6.16. The van der Waals surface area contributed by atoms with Crippen molar-refractivity contribution in [3.63, 3.8) is 0 Å². The maximum Gasteiger partial charge on any atom is 0.157 e. The monoisotopic (exact) mass is 278 g/mol. The van der Waals surface area contributed by atoms with Crippen molar-refractivity contribution in [2.24, 2.45) is 5.41 Å². The molecule has 0 aliphatic rings. The minimum atomic E-state index is 0.0722. The molecule has 1 aromatic heterocycles. The lowest BCUT2D eigenvalue weighted by Crippen LogP contribution is -2.26. The fourth-order valence-corrected chi connectivity index (χ4v) is 2.63. The third-order valence-electron chi connectivity index (χ3n) is 3.85. The van der Waals surface area contributed by atoms with E-state index in [9.17, 15) is 0 Å². The molecule has 0 aliphatic carbocycles. The fourth-order valence-electron chi connectivity index (χ4n) is 2.16. The second-order valence-corrected chi connectivity index (χ2v) is 5.13. The summed E-state index contributed by atoms with van der Waals surface area (Å²) in [5.41, 5.74) is 1.06. The molecule has 0 aliphatic heterocycles. The van der Waals surface area contributed by atoms with Gasteiger partial charge in [0, 0.05) is 12.3 Å². The summed E-state index contributed by atoms with van der Waals surface area (Å²) in [5, 5.41) is 12.1. The van der Waals surface area contributed by atoms with E-state index < -0.39 is 0 Å². The molecule has 0 amide bonds. The Bertz CT molecular complexity index is 497. The van der Waals surface area contributed by atoms with Crippen LogP contribution in [0.4, 0.5) is 0 Å². The summed E-state index contributed by atoms with van der Waals surface area (Å²) in [7, 11) is 0. The third-order valence-corrected chi connectivity index (χ3v) is 4.42. The van der Waals surface area contributed by atoms with Crippen LogP contribution in [-0.2, 0) is 6.42 Å². The van der Waals surface area contributed by atoms with E-state index in [-0.39, 0.29) is 5.41 Å². The van der Waals surface area contributed by atoms with Crippen LogP contribution in [0, 0.1) is 5.41 Å². The SMILES string of the molecule is CCC(CC)(CCl)Cc1nnnn1-c1ccccc1. The van der Waals surface area contributed by atoms with Gasteiger partial charge in [-0.3, -0.25) is 0 Å². The number of hydrogen-bond acceptors (Lipinski definition) is 3. The Morgan fingerprint density at radius 3 is 2.42 bits per heavy atom. The van der Waals surface area contributed by atoms with E-state index >= 15 is 0 Å². The van der Waals surface area contributed by atoms with E-state index in [0.717, 1.165) is 30.8 Å². The van der Waals surface area contributed by atoms with Crippen molar-refractivity contribution in [3.05, 3.63) is 36.2 Å². The number of alkyl halides is 1. The molecule has 0 spiro atoms. The summed E-state index contributed by atoms with van der Waals surface area (Å²) in [4.78, 5) is 0. The number of halogens is 1. The van der Waals surface area contributed by atoms with E-state index in [1.165, 1.54) is 0 Å². The molecule has 1 aromatic carbocycles. The van der Waals surface area contributed by atoms with Crippen LogP contribution in [-0.4, -0.2) is 26.1 Å². The predicted octanol–water partition coefficient (Wildman–Crippen LogP) is 3.25. The highest BCUT2D eigenvalue weighted by Crippen LogP contribution is 2.32. The van der Waals surface area contributed by atoms with Crippen LogP contribution in [0.1, 0.15) is 32.5 Å². The number of rotatable bonds is 6. The van der Waals surface area contributed by atoms with Crippen molar-refractivity contribution in [2.45, 2.75) is 33.1 Å². The zero-order valence-electron chi connectivity index (χ0n) is 11.4. The number of benzene rings is 1. The van der Waals surface area contributed by atoms with Gasteiger partial charge in [-0.1, -0.05) is 32.0 Å². The number of aromatic nitrogens is 4.